The Morgan fingerprint density at radius 2 is 2.44 bits per heavy atom. The molecule has 0 saturated carbocycles. The van der Waals surface area contributed by atoms with Crippen LogP contribution in [0, 0.1) is 5.92 Å². The fourth-order valence-electron chi connectivity index (χ4n) is 2.28. The summed E-state index contributed by atoms with van der Waals surface area (Å²) in [6, 6.07) is 4.27. The summed E-state index contributed by atoms with van der Waals surface area (Å²) >= 11 is 0. The molecule has 0 spiro atoms. The van der Waals surface area contributed by atoms with E-state index in [1.807, 2.05) is 6.20 Å². The monoisotopic (exact) mass is 219 g/mol. The smallest absolute Gasteiger partial charge is 0.126 e. The highest BCUT2D eigenvalue weighted by atomic mass is 15.1. The summed E-state index contributed by atoms with van der Waals surface area (Å²) in [6.07, 6.45) is 3.23. The maximum Gasteiger partial charge on any atom is 0.126 e. The van der Waals surface area contributed by atoms with E-state index in [1.54, 1.807) is 0 Å². The molecule has 3 nitrogen and oxygen atoms in total. The molecule has 3 heteroatoms. The van der Waals surface area contributed by atoms with Crippen LogP contribution in [0.3, 0.4) is 0 Å². The topological polar surface area (TPSA) is 28.2 Å². The molecule has 1 saturated heterocycles. The van der Waals surface area contributed by atoms with Gasteiger partial charge >= 0.3 is 0 Å². The zero-order valence-corrected chi connectivity index (χ0v) is 10.2. The van der Waals surface area contributed by atoms with Crippen LogP contribution in [-0.2, 0) is 6.54 Å². The second-order valence-corrected chi connectivity index (χ2v) is 4.71. The molecular weight excluding hydrogens is 198 g/mol. The predicted octanol–water partition coefficient (Wildman–Crippen LogP) is 2.36. The summed E-state index contributed by atoms with van der Waals surface area (Å²) in [4.78, 5) is 6.81. The molecule has 1 atom stereocenters. The third-order valence-electron chi connectivity index (χ3n) is 3.10. The summed E-state index contributed by atoms with van der Waals surface area (Å²) in [7, 11) is 0. The first-order valence-electron chi connectivity index (χ1n) is 6.19. The van der Waals surface area contributed by atoms with Gasteiger partial charge < -0.3 is 5.32 Å². The Bertz CT molecular complexity index is 338. The van der Waals surface area contributed by atoms with E-state index in [0.29, 0.717) is 0 Å². The van der Waals surface area contributed by atoms with Crippen LogP contribution in [0.2, 0.25) is 0 Å². The number of aromatic nitrogens is 1. The number of nitrogens with zero attached hydrogens (tertiary/aromatic N) is 2. The Hall–Kier alpha value is -1.09. The van der Waals surface area contributed by atoms with Gasteiger partial charge in [-0.2, -0.15) is 0 Å². The third kappa shape index (κ3) is 2.95. The third-order valence-corrected chi connectivity index (χ3v) is 3.10. The lowest BCUT2D eigenvalue weighted by Gasteiger charge is -2.15. The molecule has 88 valence electrons. The molecule has 1 aliphatic heterocycles. The first-order valence-corrected chi connectivity index (χ1v) is 6.19. The van der Waals surface area contributed by atoms with Crippen molar-refractivity contribution < 1.29 is 0 Å². The van der Waals surface area contributed by atoms with E-state index in [9.17, 15) is 0 Å². The van der Waals surface area contributed by atoms with Gasteiger partial charge in [0.15, 0.2) is 0 Å². The Morgan fingerprint density at radius 3 is 3.12 bits per heavy atom. The molecule has 1 aliphatic rings. The van der Waals surface area contributed by atoms with Gasteiger partial charge in [0, 0.05) is 25.8 Å². The van der Waals surface area contributed by atoms with Gasteiger partial charge in [-0.3, -0.25) is 4.90 Å². The first kappa shape index (κ1) is 11.4. The van der Waals surface area contributed by atoms with E-state index in [2.05, 4.69) is 41.2 Å². The lowest BCUT2D eigenvalue weighted by atomic mass is 10.2. The SMILES string of the molecule is CCNc1cc(CN2CCC(C)C2)ccn1. The largest absolute Gasteiger partial charge is 0.370 e. The molecule has 0 amide bonds. The zero-order chi connectivity index (χ0) is 11.4. The molecule has 0 aromatic carbocycles. The maximum absolute atomic E-state index is 4.29. The van der Waals surface area contributed by atoms with E-state index in [0.717, 1.165) is 24.8 Å². The van der Waals surface area contributed by atoms with Crippen molar-refractivity contribution in [3.8, 4) is 0 Å². The Kier molecular flexibility index (Phi) is 3.78. The second kappa shape index (κ2) is 5.30. The van der Waals surface area contributed by atoms with Crippen molar-refractivity contribution in [2.24, 2.45) is 5.92 Å². The fraction of sp³-hybridized carbons (Fsp3) is 0.615. The highest BCUT2D eigenvalue weighted by molar-refractivity contribution is 5.37. The predicted molar refractivity (Wildman–Crippen MR) is 67.5 cm³/mol. The van der Waals surface area contributed by atoms with Crippen LogP contribution in [0.4, 0.5) is 5.82 Å². The summed E-state index contributed by atoms with van der Waals surface area (Å²) in [5.41, 5.74) is 1.36. The Balaban J connectivity index is 1.95. The van der Waals surface area contributed by atoms with Crippen molar-refractivity contribution >= 4 is 5.82 Å². The normalized spacial score (nSPS) is 21.2. The molecule has 1 unspecified atom stereocenters. The standard InChI is InChI=1S/C13H21N3/c1-3-14-13-8-12(4-6-15-13)10-16-7-5-11(2)9-16/h4,6,8,11H,3,5,7,9-10H2,1-2H3,(H,14,15). The number of likely N-dealkylation sites (tertiary alicyclic amines) is 1. The summed E-state index contributed by atoms with van der Waals surface area (Å²) in [5.74, 6) is 1.85. The molecule has 1 aromatic heterocycles. The lowest BCUT2D eigenvalue weighted by molar-refractivity contribution is 0.320. The van der Waals surface area contributed by atoms with Crippen molar-refractivity contribution in [2.75, 3.05) is 25.0 Å². The fourth-order valence-corrected chi connectivity index (χ4v) is 2.28. The van der Waals surface area contributed by atoms with E-state index in [4.69, 9.17) is 0 Å². The number of anilines is 1. The van der Waals surface area contributed by atoms with Crippen LogP contribution < -0.4 is 5.32 Å². The van der Waals surface area contributed by atoms with Gasteiger partial charge in [0.25, 0.3) is 0 Å². The number of hydrogen-bond donors (Lipinski definition) is 1. The summed E-state index contributed by atoms with van der Waals surface area (Å²) in [5, 5.41) is 3.25. The number of hydrogen-bond acceptors (Lipinski definition) is 3. The van der Waals surface area contributed by atoms with Crippen LogP contribution >= 0.6 is 0 Å². The van der Waals surface area contributed by atoms with Gasteiger partial charge in [-0.25, -0.2) is 4.98 Å². The second-order valence-electron chi connectivity index (χ2n) is 4.71. The minimum absolute atomic E-state index is 0.857. The molecule has 0 bridgehead atoms. The molecular formula is C13H21N3. The molecule has 2 rings (SSSR count). The van der Waals surface area contributed by atoms with Gasteiger partial charge in [0.1, 0.15) is 5.82 Å². The number of nitrogens with one attached hydrogen (secondary N) is 1. The highest BCUT2D eigenvalue weighted by Crippen LogP contribution is 2.18. The first-order chi connectivity index (χ1) is 7.78. The van der Waals surface area contributed by atoms with Crippen molar-refractivity contribution in [1.29, 1.82) is 0 Å². The van der Waals surface area contributed by atoms with E-state index >= 15 is 0 Å². The highest BCUT2D eigenvalue weighted by Gasteiger charge is 2.18. The van der Waals surface area contributed by atoms with Crippen LogP contribution in [0.5, 0.6) is 0 Å². The minimum Gasteiger partial charge on any atom is -0.370 e. The van der Waals surface area contributed by atoms with E-state index in [-0.39, 0.29) is 0 Å². The Morgan fingerprint density at radius 1 is 1.56 bits per heavy atom. The molecule has 1 fully saturated rings. The molecule has 0 aliphatic carbocycles. The number of pyridine rings is 1. The van der Waals surface area contributed by atoms with Crippen molar-refractivity contribution in [3.63, 3.8) is 0 Å². The van der Waals surface area contributed by atoms with Gasteiger partial charge in [-0.15, -0.1) is 0 Å². The molecule has 16 heavy (non-hydrogen) atoms. The van der Waals surface area contributed by atoms with E-state index < -0.39 is 0 Å². The van der Waals surface area contributed by atoms with Gasteiger partial charge in [0.05, 0.1) is 0 Å². The molecule has 1 N–H and O–H groups in total. The average molecular weight is 219 g/mol. The van der Waals surface area contributed by atoms with Gasteiger partial charge in [-0.05, 0) is 43.5 Å². The quantitative estimate of drug-likeness (QED) is 0.842. The summed E-state index contributed by atoms with van der Waals surface area (Å²) < 4.78 is 0. The van der Waals surface area contributed by atoms with Gasteiger partial charge in [0.2, 0.25) is 0 Å². The Labute approximate surface area is 97.9 Å². The molecule has 2 heterocycles. The molecule has 1 aromatic rings. The zero-order valence-electron chi connectivity index (χ0n) is 10.2. The summed E-state index contributed by atoms with van der Waals surface area (Å²) in [6.45, 7) is 8.88. The minimum atomic E-state index is 0.857. The van der Waals surface area contributed by atoms with Crippen molar-refractivity contribution in [3.05, 3.63) is 23.9 Å². The van der Waals surface area contributed by atoms with Crippen molar-refractivity contribution in [1.82, 2.24) is 9.88 Å². The van der Waals surface area contributed by atoms with Crippen molar-refractivity contribution in [2.45, 2.75) is 26.8 Å². The maximum atomic E-state index is 4.29. The van der Waals surface area contributed by atoms with Crippen LogP contribution in [0.25, 0.3) is 0 Å². The van der Waals surface area contributed by atoms with Crippen LogP contribution in [0.15, 0.2) is 18.3 Å². The van der Waals surface area contributed by atoms with E-state index in [1.165, 1.54) is 25.1 Å². The van der Waals surface area contributed by atoms with Crippen LogP contribution in [-0.4, -0.2) is 29.5 Å². The average Bonchev–Trinajstić information content (AvgIpc) is 2.65. The number of rotatable bonds is 4. The van der Waals surface area contributed by atoms with Crippen LogP contribution in [0.1, 0.15) is 25.8 Å². The molecule has 0 radical (unpaired) electrons. The lowest BCUT2D eigenvalue weighted by Crippen LogP contribution is -2.19. The van der Waals surface area contributed by atoms with Gasteiger partial charge in [-0.1, -0.05) is 6.92 Å².